The lowest BCUT2D eigenvalue weighted by Gasteiger charge is -2.42. The highest BCUT2D eigenvalue weighted by molar-refractivity contribution is 6.05. The second-order valence-electron chi connectivity index (χ2n) is 10.3. The average Bonchev–Trinajstić information content (AvgIpc) is 2.83. The van der Waals surface area contributed by atoms with E-state index in [2.05, 4.69) is 0 Å². The molecule has 2 aliphatic rings. The van der Waals surface area contributed by atoms with Crippen molar-refractivity contribution in [3.8, 4) is 5.75 Å². The number of amides is 3. The fourth-order valence-corrected chi connectivity index (χ4v) is 5.05. The molecule has 0 aliphatic carbocycles. The molecule has 1 fully saturated rings. The smallest absolute Gasteiger partial charge is 0.407 e. The molecular formula is C26H37F2N3O6. The van der Waals surface area contributed by atoms with Crippen molar-refractivity contribution in [3.63, 3.8) is 0 Å². The van der Waals surface area contributed by atoms with E-state index in [0.29, 0.717) is 45.4 Å². The molecule has 2 heterocycles. The summed E-state index contributed by atoms with van der Waals surface area (Å²) in [5.74, 6) is -0.832. The van der Waals surface area contributed by atoms with Gasteiger partial charge in [-0.1, -0.05) is 0 Å². The molecule has 1 aromatic carbocycles. The topological polar surface area (TPSA) is 99.6 Å². The first-order valence-corrected chi connectivity index (χ1v) is 12.7. The highest BCUT2D eigenvalue weighted by Gasteiger charge is 2.42. The number of methoxy groups -OCH3 is 1. The zero-order valence-corrected chi connectivity index (χ0v) is 22.1. The molecule has 1 N–H and O–H groups in total. The number of hydrogen-bond donors (Lipinski definition) is 1. The number of carbonyl (C=O) groups is 3. The van der Waals surface area contributed by atoms with Gasteiger partial charge in [0.2, 0.25) is 0 Å². The summed E-state index contributed by atoms with van der Waals surface area (Å²) in [5.41, 5.74) is -1.68. The predicted molar refractivity (Wildman–Crippen MR) is 133 cm³/mol. The molecule has 9 nitrogen and oxygen atoms in total. The lowest BCUT2D eigenvalue weighted by atomic mass is 9.96. The van der Waals surface area contributed by atoms with E-state index in [1.165, 1.54) is 20.8 Å². The Kier molecular flexibility index (Phi) is 8.99. The molecule has 37 heavy (non-hydrogen) atoms. The highest BCUT2D eigenvalue weighted by Crippen LogP contribution is 2.42. The van der Waals surface area contributed by atoms with Gasteiger partial charge in [0.25, 0.3) is 18.2 Å². The summed E-state index contributed by atoms with van der Waals surface area (Å²) in [5, 5.41) is 9.45. The Morgan fingerprint density at radius 2 is 1.97 bits per heavy atom. The van der Waals surface area contributed by atoms with Gasteiger partial charge < -0.3 is 29.3 Å². The van der Waals surface area contributed by atoms with Gasteiger partial charge in [0.15, 0.2) is 5.60 Å². The number of hydrogen-bond acceptors (Lipinski definition) is 5. The van der Waals surface area contributed by atoms with Gasteiger partial charge >= 0.3 is 6.09 Å². The Morgan fingerprint density at radius 1 is 1.27 bits per heavy atom. The van der Waals surface area contributed by atoms with Crippen molar-refractivity contribution in [2.45, 2.75) is 77.5 Å². The molecule has 2 aliphatic heterocycles. The summed E-state index contributed by atoms with van der Waals surface area (Å²) >= 11 is 0. The molecule has 0 bridgehead atoms. The van der Waals surface area contributed by atoms with Gasteiger partial charge in [-0.05, 0) is 65.5 Å². The summed E-state index contributed by atoms with van der Waals surface area (Å²) in [6, 6.07) is 1.66. The van der Waals surface area contributed by atoms with Crippen LogP contribution in [-0.4, -0.2) is 83.8 Å². The Balaban J connectivity index is 2.05. The first kappa shape index (κ1) is 28.6. The lowest BCUT2D eigenvalue weighted by molar-refractivity contribution is -0.132. The van der Waals surface area contributed by atoms with Gasteiger partial charge in [-0.25, -0.2) is 13.6 Å². The number of likely N-dealkylation sites (tertiary alicyclic amines) is 1. The number of ether oxygens (including phenoxy) is 2. The second kappa shape index (κ2) is 11.6. The summed E-state index contributed by atoms with van der Waals surface area (Å²) in [4.78, 5) is 42.9. The SMILES string of the molecule is COCCCCN1C(=O)C(C)(C)Oc2cc(C(F)F)c(C(=O)N(C(C)C)[C@@H]3CCCN(C(=O)O)C3)cc21. The number of halogens is 2. The van der Waals surface area contributed by atoms with Crippen LogP contribution in [0, 0.1) is 0 Å². The van der Waals surface area contributed by atoms with Crippen LogP contribution in [0.15, 0.2) is 12.1 Å². The third-order valence-corrected chi connectivity index (χ3v) is 6.84. The normalized spacial score (nSPS) is 19.2. The maximum absolute atomic E-state index is 14.3. The Morgan fingerprint density at radius 3 is 2.57 bits per heavy atom. The lowest BCUT2D eigenvalue weighted by Crippen LogP contribution is -2.54. The van der Waals surface area contributed by atoms with Crippen molar-refractivity contribution in [1.82, 2.24) is 9.80 Å². The van der Waals surface area contributed by atoms with E-state index < -0.39 is 35.6 Å². The molecule has 0 aromatic heterocycles. The third-order valence-electron chi connectivity index (χ3n) is 6.84. The van der Waals surface area contributed by atoms with E-state index in [-0.39, 0.29) is 35.5 Å². The van der Waals surface area contributed by atoms with Crippen molar-refractivity contribution in [2.24, 2.45) is 0 Å². The summed E-state index contributed by atoms with van der Waals surface area (Å²) < 4.78 is 39.5. The van der Waals surface area contributed by atoms with Crippen LogP contribution in [-0.2, 0) is 9.53 Å². The van der Waals surface area contributed by atoms with Crippen LogP contribution in [0.1, 0.15) is 75.7 Å². The molecule has 0 saturated carbocycles. The van der Waals surface area contributed by atoms with Gasteiger partial charge in [-0.15, -0.1) is 0 Å². The molecule has 3 rings (SSSR count). The number of nitrogens with zero attached hydrogens (tertiary/aromatic N) is 3. The molecule has 3 amide bonds. The molecule has 1 saturated heterocycles. The van der Waals surface area contributed by atoms with E-state index in [1.54, 1.807) is 34.8 Å². The molecule has 0 radical (unpaired) electrons. The van der Waals surface area contributed by atoms with Gasteiger partial charge in [-0.2, -0.15) is 0 Å². The molecule has 206 valence electrons. The fourth-order valence-electron chi connectivity index (χ4n) is 5.05. The average molecular weight is 526 g/mol. The zero-order chi connectivity index (χ0) is 27.5. The number of alkyl halides is 2. The number of rotatable bonds is 9. The van der Waals surface area contributed by atoms with Crippen molar-refractivity contribution >= 4 is 23.6 Å². The first-order valence-electron chi connectivity index (χ1n) is 12.7. The van der Waals surface area contributed by atoms with Crippen LogP contribution in [0.5, 0.6) is 5.75 Å². The summed E-state index contributed by atoms with van der Waals surface area (Å²) in [6.07, 6.45) is -1.61. The largest absolute Gasteiger partial charge is 0.476 e. The minimum Gasteiger partial charge on any atom is -0.476 e. The highest BCUT2D eigenvalue weighted by atomic mass is 19.3. The first-order chi connectivity index (χ1) is 17.4. The molecule has 0 unspecified atom stereocenters. The Bertz CT molecular complexity index is 1020. The summed E-state index contributed by atoms with van der Waals surface area (Å²) in [7, 11) is 1.59. The van der Waals surface area contributed by atoms with Crippen molar-refractivity contribution in [2.75, 3.05) is 38.3 Å². The quantitative estimate of drug-likeness (QED) is 0.475. The summed E-state index contributed by atoms with van der Waals surface area (Å²) in [6.45, 7) is 8.01. The van der Waals surface area contributed by atoms with E-state index >= 15 is 0 Å². The fraction of sp³-hybridized carbons (Fsp3) is 0.654. The molecule has 11 heteroatoms. The van der Waals surface area contributed by atoms with Gasteiger partial charge in [0.05, 0.1) is 17.3 Å². The van der Waals surface area contributed by atoms with E-state index in [4.69, 9.17) is 9.47 Å². The molecular weight excluding hydrogens is 488 g/mol. The minimum atomic E-state index is -2.96. The van der Waals surface area contributed by atoms with E-state index in [9.17, 15) is 28.3 Å². The predicted octanol–water partition coefficient (Wildman–Crippen LogP) is 4.55. The maximum Gasteiger partial charge on any atom is 0.407 e. The Labute approximate surface area is 216 Å². The van der Waals surface area contributed by atoms with Crippen LogP contribution in [0.4, 0.5) is 19.3 Å². The standard InChI is InChI=1S/C26H37F2N3O6/c1-16(2)31(17-9-8-10-29(15-17)25(34)35)23(32)19-13-20-21(14-18(19)22(27)28)37-26(3,4)24(33)30(20)11-6-7-12-36-5/h13-14,16-17,22H,6-12,15H2,1-5H3,(H,34,35)/t17-/m1/s1. The van der Waals surface area contributed by atoms with E-state index in [1.807, 2.05) is 0 Å². The van der Waals surface area contributed by atoms with Crippen molar-refractivity contribution < 1.29 is 37.7 Å². The van der Waals surface area contributed by atoms with Crippen molar-refractivity contribution in [1.29, 1.82) is 0 Å². The molecule has 1 atom stereocenters. The third kappa shape index (κ3) is 6.14. The van der Waals surface area contributed by atoms with Crippen molar-refractivity contribution in [3.05, 3.63) is 23.3 Å². The number of carbonyl (C=O) groups excluding carboxylic acids is 2. The van der Waals surface area contributed by atoms with Crippen LogP contribution in [0.3, 0.4) is 0 Å². The minimum absolute atomic E-state index is 0.107. The van der Waals surface area contributed by atoms with Gasteiger partial charge in [0, 0.05) is 45.0 Å². The van der Waals surface area contributed by atoms with Crippen LogP contribution in [0.2, 0.25) is 0 Å². The maximum atomic E-state index is 14.3. The number of benzene rings is 1. The second-order valence-corrected chi connectivity index (χ2v) is 10.3. The van der Waals surface area contributed by atoms with Crippen LogP contribution < -0.4 is 9.64 Å². The van der Waals surface area contributed by atoms with Gasteiger partial charge in [-0.3, -0.25) is 9.59 Å². The Hall–Kier alpha value is -2.95. The zero-order valence-electron chi connectivity index (χ0n) is 22.1. The van der Waals surface area contributed by atoms with E-state index in [0.717, 1.165) is 6.07 Å². The molecule has 1 aromatic rings. The number of anilines is 1. The number of piperidine rings is 1. The number of unbranched alkanes of at least 4 members (excludes halogenated alkanes) is 1. The monoisotopic (exact) mass is 525 g/mol. The van der Waals surface area contributed by atoms with Gasteiger partial charge in [0.1, 0.15) is 5.75 Å². The van der Waals surface area contributed by atoms with Crippen LogP contribution >= 0.6 is 0 Å². The van der Waals surface area contributed by atoms with Crippen LogP contribution in [0.25, 0.3) is 0 Å². The number of carboxylic acid groups (broad SMARTS) is 1. The molecule has 0 spiro atoms. The number of fused-ring (bicyclic) bond motifs is 1.